The van der Waals surface area contributed by atoms with Crippen LogP contribution in [0.15, 0.2) is 48.5 Å². The Hall–Kier alpha value is -4.18. The molecule has 0 unspecified atom stereocenters. The number of benzene rings is 2. The lowest BCUT2D eigenvalue weighted by atomic mass is 9.98. The molecule has 0 aliphatic carbocycles. The predicted octanol–water partition coefficient (Wildman–Crippen LogP) is 4.34. The Kier molecular flexibility index (Phi) is 9.15. The highest BCUT2D eigenvalue weighted by Gasteiger charge is 2.43. The molecule has 3 fully saturated rings. The van der Waals surface area contributed by atoms with E-state index >= 15 is 0 Å². The predicted molar refractivity (Wildman–Crippen MR) is 166 cm³/mol. The van der Waals surface area contributed by atoms with Gasteiger partial charge in [0.25, 0.3) is 0 Å². The van der Waals surface area contributed by atoms with E-state index in [1.165, 1.54) is 4.90 Å². The molecule has 228 valence electrons. The van der Waals surface area contributed by atoms with Gasteiger partial charge in [-0.05, 0) is 88.4 Å². The van der Waals surface area contributed by atoms with Gasteiger partial charge in [-0.15, -0.1) is 0 Å². The van der Waals surface area contributed by atoms with Gasteiger partial charge < -0.3 is 30.5 Å². The van der Waals surface area contributed by atoms with E-state index in [9.17, 15) is 19.2 Å². The number of carbonyl (C=O) groups is 4. The average Bonchev–Trinajstić information content (AvgIpc) is 3.65. The van der Waals surface area contributed by atoms with Crippen molar-refractivity contribution in [1.29, 1.82) is 0 Å². The summed E-state index contributed by atoms with van der Waals surface area (Å²) < 4.78 is 5.38. The average molecular weight is 588 g/mol. The van der Waals surface area contributed by atoms with Crippen LogP contribution in [0.3, 0.4) is 0 Å². The van der Waals surface area contributed by atoms with E-state index in [-0.39, 0.29) is 29.7 Å². The van der Waals surface area contributed by atoms with Gasteiger partial charge in [0.05, 0.1) is 12.0 Å². The van der Waals surface area contributed by atoms with E-state index in [1.807, 2.05) is 81.5 Å². The van der Waals surface area contributed by atoms with Gasteiger partial charge in [0.15, 0.2) is 0 Å². The van der Waals surface area contributed by atoms with Crippen molar-refractivity contribution in [3.63, 3.8) is 0 Å². The van der Waals surface area contributed by atoms with Crippen LogP contribution in [0.2, 0.25) is 0 Å². The Labute approximate surface area is 252 Å². The summed E-state index contributed by atoms with van der Waals surface area (Å²) in [6, 6.07) is 14.6. The second-order valence-corrected chi connectivity index (χ2v) is 12.5. The SMILES string of the molecule is CC(C)(C)OC(=O)N1CC(C(=O)N2CCC[C@H]2C(=O)Nc2ccc(/C=C/c3ccc(NC(=O)[C@@H]4CCCN4)cc3)cc2)C1. The molecule has 0 aromatic heterocycles. The smallest absolute Gasteiger partial charge is 0.410 e. The van der Waals surface area contributed by atoms with Crippen molar-refractivity contribution in [3.8, 4) is 0 Å². The zero-order valence-corrected chi connectivity index (χ0v) is 25.1. The number of ether oxygens (including phenoxy) is 1. The Morgan fingerprint density at radius 1 is 0.837 bits per heavy atom. The summed E-state index contributed by atoms with van der Waals surface area (Å²) >= 11 is 0. The van der Waals surface area contributed by atoms with Crippen molar-refractivity contribution in [2.24, 2.45) is 5.92 Å². The summed E-state index contributed by atoms with van der Waals surface area (Å²) in [4.78, 5) is 54.0. The molecule has 4 amide bonds. The first-order valence-electron chi connectivity index (χ1n) is 15.1. The fourth-order valence-corrected chi connectivity index (χ4v) is 5.56. The first-order valence-corrected chi connectivity index (χ1v) is 15.1. The number of carbonyl (C=O) groups excluding carboxylic acids is 4. The highest BCUT2D eigenvalue weighted by atomic mass is 16.6. The minimum atomic E-state index is -0.585. The van der Waals surface area contributed by atoms with Crippen molar-refractivity contribution in [3.05, 3.63) is 59.7 Å². The third-order valence-electron chi connectivity index (χ3n) is 7.92. The highest BCUT2D eigenvalue weighted by molar-refractivity contribution is 5.98. The van der Waals surface area contributed by atoms with Crippen LogP contribution in [0, 0.1) is 5.92 Å². The van der Waals surface area contributed by atoms with Gasteiger partial charge in [-0.3, -0.25) is 14.4 Å². The third kappa shape index (κ3) is 7.81. The van der Waals surface area contributed by atoms with Gasteiger partial charge >= 0.3 is 6.09 Å². The molecule has 3 heterocycles. The monoisotopic (exact) mass is 587 g/mol. The number of hydrogen-bond acceptors (Lipinski definition) is 6. The molecule has 0 bridgehead atoms. The van der Waals surface area contributed by atoms with Crippen LogP contribution in [0.1, 0.15) is 57.6 Å². The number of rotatable bonds is 7. The van der Waals surface area contributed by atoms with Crippen molar-refractivity contribution < 1.29 is 23.9 Å². The maximum atomic E-state index is 13.1. The number of anilines is 2. The number of nitrogens with one attached hydrogen (secondary N) is 3. The lowest BCUT2D eigenvalue weighted by Crippen LogP contribution is -2.58. The molecule has 0 saturated carbocycles. The molecule has 43 heavy (non-hydrogen) atoms. The molecule has 0 radical (unpaired) electrons. The van der Waals surface area contributed by atoms with Gasteiger partial charge in [0, 0.05) is 31.0 Å². The van der Waals surface area contributed by atoms with E-state index in [2.05, 4.69) is 16.0 Å². The van der Waals surface area contributed by atoms with Crippen molar-refractivity contribution >= 4 is 47.3 Å². The third-order valence-corrected chi connectivity index (χ3v) is 7.92. The van der Waals surface area contributed by atoms with Crippen molar-refractivity contribution in [2.45, 2.75) is 64.1 Å². The summed E-state index contributed by atoms with van der Waals surface area (Å²) in [6.45, 7) is 7.47. The maximum Gasteiger partial charge on any atom is 0.410 e. The fourth-order valence-electron chi connectivity index (χ4n) is 5.56. The molecule has 5 rings (SSSR count). The Morgan fingerprint density at radius 2 is 1.42 bits per heavy atom. The van der Waals surface area contributed by atoms with Gasteiger partial charge in [0.2, 0.25) is 17.7 Å². The van der Waals surface area contributed by atoms with E-state index in [1.54, 1.807) is 4.90 Å². The quantitative estimate of drug-likeness (QED) is 0.415. The van der Waals surface area contributed by atoms with Gasteiger partial charge in [0.1, 0.15) is 11.6 Å². The van der Waals surface area contributed by atoms with Gasteiger partial charge in [-0.25, -0.2) is 4.79 Å². The summed E-state index contributed by atoms with van der Waals surface area (Å²) in [7, 11) is 0. The van der Waals surface area contributed by atoms with Crippen molar-refractivity contribution in [2.75, 3.05) is 36.8 Å². The summed E-state index contributed by atoms with van der Waals surface area (Å²) in [5.74, 6) is -0.589. The van der Waals surface area contributed by atoms with Crippen molar-refractivity contribution in [1.82, 2.24) is 15.1 Å². The number of amides is 4. The number of hydrogen-bond donors (Lipinski definition) is 3. The molecular formula is C33H41N5O5. The summed E-state index contributed by atoms with van der Waals surface area (Å²) in [6.07, 6.45) is 6.83. The van der Waals surface area contributed by atoms with Crippen LogP contribution in [0.25, 0.3) is 12.2 Å². The van der Waals surface area contributed by atoms with Crippen LogP contribution in [-0.4, -0.2) is 77.5 Å². The van der Waals surface area contributed by atoms with Gasteiger partial charge in [-0.1, -0.05) is 36.4 Å². The normalized spacial score (nSPS) is 20.6. The van der Waals surface area contributed by atoms with Gasteiger partial charge in [-0.2, -0.15) is 0 Å². The Bertz CT molecular complexity index is 1350. The van der Waals surface area contributed by atoms with Crippen LogP contribution in [-0.2, 0) is 19.1 Å². The summed E-state index contributed by atoms with van der Waals surface area (Å²) in [5, 5.41) is 9.12. The Balaban J connectivity index is 1.09. The van der Waals surface area contributed by atoms with Crippen LogP contribution in [0.4, 0.5) is 16.2 Å². The molecule has 2 aromatic carbocycles. The van der Waals surface area contributed by atoms with Crippen LogP contribution in [0.5, 0.6) is 0 Å². The van der Waals surface area contributed by atoms with Crippen LogP contribution < -0.4 is 16.0 Å². The standard InChI is InChI=1S/C33H41N5O5/c1-33(2,3)43-32(42)37-20-24(21-37)31(41)38-19-5-7-28(38)30(40)36-26-16-12-23(13-17-26)9-8-22-10-14-25(15-11-22)35-29(39)27-6-4-18-34-27/h8-17,24,27-28,34H,4-7,18-21H2,1-3H3,(H,35,39)(H,36,40)/b9-8+/t27-,28-/m0/s1. The first kappa shape index (κ1) is 30.3. The molecule has 3 aliphatic rings. The van der Waals surface area contributed by atoms with E-state index in [4.69, 9.17) is 4.74 Å². The highest BCUT2D eigenvalue weighted by Crippen LogP contribution is 2.27. The molecule has 0 spiro atoms. The first-order chi connectivity index (χ1) is 20.6. The minimum Gasteiger partial charge on any atom is -0.444 e. The zero-order chi connectivity index (χ0) is 30.6. The minimum absolute atomic E-state index is 0.00482. The zero-order valence-electron chi connectivity index (χ0n) is 25.1. The molecule has 2 atom stereocenters. The molecule has 10 nitrogen and oxygen atoms in total. The fraction of sp³-hybridized carbons (Fsp3) is 0.455. The van der Waals surface area contributed by atoms with E-state index in [0.29, 0.717) is 31.7 Å². The molecule has 10 heteroatoms. The number of nitrogens with zero attached hydrogens (tertiary/aromatic N) is 2. The summed E-state index contributed by atoms with van der Waals surface area (Å²) in [5.41, 5.74) is 2.83. The van der Waals surface area contributed by atoms with E-state index < -0.39 is 17.7 Å². The molecular weight excluding hydrogens is 546 g/mol. The lowest BCUT2D eigenvalue weighted by molar-refractivity contribution is -0.144. The topological polar surface area (TPSA) is 120 Å². The maximum absolute atomic E-state index is 13.1. The second kappa shape index (κ2) is 13.0. The number of likely N-dealkylation sites (tertiary alicyclic amines) is 2. The molecule has 3 N–H and O–H groups in total. The molecule has 3 aliphatic heterocycles. The molecule has 3 saturated heterocycles. The van der Waals surface area contributed by atoms with Crippen LogP contribution >= 0.6 is 0 Å². The van der Waals surface area contributed by atoms with E-state index in [0.717, 1.165) is 42.6 Å². The largest absolute Gasteiger partial charge is 0.444 e. The lowest BCUT2D eigenvalue weighted by Gasteiger charge is -2.41. The Morgan fingerprint density at radius 3 is 1.95 bits per heavy atom. The second-order valence-electron chi connectivity index (χ2n) is 12.5. The molecule has 2 aromatic rings.